The van der Waals surface area contributed by atoms with E-state index >= 15 is 0 Å². The zero-order chi connectivity index (χ0) is 17.5. The molecule has 0 radical (unpaired) electrons. The normalized spacial score (nSPS) is 12.3. The van der Waals surface area contributed by atoms with E-state index in [-0.39, 0.29) is 17.6 Å². The maximum absolute atomic E-state index is 11.2. The number of aromatic nitrogens is 1. The van der Waals surface area contributed by atoms with Gasteiger partial charge in [0.1, 0.15) is 6.61 Å². The average Bonchev–Trinajstić information content (AvgIpc) is 2.45. The molecule has 0 unspecified atom stereocenters. The number of ether oxygens (including phenoxy) is 2. The maximum Gasteiger partial charge on any atom is 0.332 e. The molecule has 1 heterocycles. The van der Waals surface area contributed by atoms with Gasteiger partial charge in [-0.2, -0.15) is 0 Å². The van der Waals surface area contributed by atoms with Crippen molar-refractivity contribution in [2.24, 2.45) is 0 Å². The highest BCUT2D eigenvalue weighted by Crippen LogP contribution is 2.36. The van der Waals surface area contributed by atoms with Crippen molar-refractivity contribution in [3.8, 4) is 0 Å². The summed E-state index contributed by atoms with van der Waals surface area (Å²) in [6.07, 6.45) is 1.76. The third kappa shape index (κ3) is 6.81. The van der Waals surface area contributed by atoms with Crippen molar-refractivity contribution in [1.29, 1.82) is 0 Å². The summed E-state index contributed by atoms with van der Waals surface area (Å²) in [4.78, 5) is 15.6. The first-order chi connectivity index (χ1) is 10.7. The molecule has 23 heavy (non-hydrogen) atoms. The second kappa shape index (κ2) is 8.56. The molecular weight excluding hydrogens is 310 g/mol. The first-order valence-electron chi connectivity index (χ1n) is 7.97. The third-order valence-electron chi connectivity index (χ3n) is 4.07. The maximum atomic E-state index is 11.2. The van der Waals surface area contributed by atoms with Crippen molar-refractivity contribution < 1.29 is 18.7 Å². The van der Waals surface area contributed by atoms with Crippen LogP contribution < -0.4 is 0 Å². The van der Waals surface area contributed by atoms with Gasteiger partial charge in [0.2, 0.25) is 0 Å². The molecule has 0 aliphatic carbocycles. The third-order valence-corrected chi connectivity index (χ3v) is 8.55. The Morgan fingerprint density at radius 1 is 1.22 bits per heavy atom. The minimum Gasteiger partial charge on any atom is -0.464 e. The number of hydrogen-bond donors (Lipinski definition) is 0. The Hall–Kier alpha value is -1.24. The average molecular weight is 340 g/mol. The van der Waals surface area contributed by atoms with Crippen molar-refractivity contribution >= 4 is 14.3 Å². The van der Waals surface area contributed by atoms with E-state index in [9.17, 15) is 4.79 Å². The van der Waals surface area contributed by atoms with E-state index in [1.165, 1.54) is 0 Å². The van der Waals surface area contributed by atoms with Crippen molar-refractivity contribution in [1.82, 2.24) is 4.98 Å². The highest BCUT2D eigenvalue weighted by molar-refractivity contribution is 6.74. The summed E-state index contributed by atoms with van der Waals surface area (Å²) in [6.45, 7) is 14.1. The summed E-state index contributed by atoms with van der Waals surface area (Å²) in [5, 5.41) is 0.188. The molecule has 1 aromatic heterocycles. The number of carbonyl (C=O) groups is 1. The van der Waals surface area contributed by atoms with Gasteiger partial charge in [0.05, 0.1) is 25.5 Å². The molecule has 5 nitrogen and oxygen atoms in total. The topological polar surface area (TPSA) is 57.7 Å². The summed E-state index contributed by atoms with van der Waals surface area (Å²) in [5.74, 6) is -0.347. The standard InChI is InChI=1S/C17H29NO4Si/c1-7-21-16(19)13-20-11-14-8-9-15(18-10-14)12-22-23(5,6)17(2,3)4/h8-10H,7,11-13H2,1-6H3. The van der Waals surface area contributed by atoms with E-state index in [0.717, 1.165) is 11.3 Å². The van der Waals surface area contributed by atoms with Gasteiger partial charge in [-0.15, -0.1) is 0 Å². The van der Waals surface area contributed by atoms with Crippen LogP contribution in [0, 0.1) is 0 Å². The van der Waals surface area contributed by atoms with Crippen molar-refractivity contribution in [2.75, 3.05) is 13.2 Å². The van der Waals surface area contributed by atoms with Crippen LogP contribution in [0.4, 0.5) is 0 Å². The second-order valence-electron chi connectivity index (χ2n) is 7.00. The molecule has 0 aromatic carbocycles. The SMILES string of the molecule is CCOC(=O)COCc1ccc(CO[Si](C)(C)C(C)(C)C)nc1. The van der Waals surface area contributed by atoms with Gasteiger partial charge < -0.3 is 13.9 Å². The lowest BCUT2D eigenvalue weighted by Crippen LogP contribution is -2.40. The number of hydrogen-bond acceptors (Lipinski definition) is 5. The minimum absolute atomic E-state index is 0.0376. The fourth-order valence-corrected chi connectivity index (χ4v) is 2.49. The van der Waals surface area contributed by atoms with Gasteiger partial charge in [-0.05, 0) is 36.7 Å². The smallest absolute Gasteiger partial charge is 0.332 e. The molecule has 0 fully saturated rings. The lowest BCUT2D eigenvalue weighted by molar-refractivity contribution is -0.148. The van der Waals surface area contributed by atoms with Gasteiger partial charge in [-0.3, -0.25) is 4.98 Å². The number of pyridine rings is 1. The van der Waals surface area contributed by atoms with E-state index < -0.39 is 8.32 Å². The van der Waals surface area contributed by atoms with Crippen LogP contribution in [0.2, 0.25) is 18.1 Å². The molecule has 0 bridgehead atoms. The highest BCUT2D eigenvalue weighted by atomic mass is 28.4. The van der Waals surface area contributed by atoms with Crippen LogP contribution >= 0.6 is 0 Å². The predicted octanol–water partition coefficient (Wildman–Crippen LogP) is 3.68. The van der Waals surface area contributed by atoms with E-state index in [2.05, 4.69) is 38.8 Å². The Balaban J connectivity index is 2.43. The molecule has 0 amide bonds. The fourth-order valence-electron chi connectivity index (χ4n) is 1.55. The quantitative estimate of drug-likeness (QED) is 0.534. The molecule has 0 aliphatic rings. The van der Waals surface area contributed by atoms with Gasteiger partial charge in [0, 0.05) is 6.20 Å². The zero-order valence-electron chi connectivity index (χ0n) is 15.1. The van der Waals surface area contributed by atoms with Crippen molar-refractivity contribution in [2.45, 2.75) is 59.0 Å². The summed E-state index contributed by atoms with van der Waals surface area (Å²) in [5.41, 5.74) is 1.83. The van der Waals surface area contributed by atoms with Crippen LogP contribution in [0.1, 0.15) is 39.0 Å². The fraction of sp³-hybridized carbons (Fsp3) is 0.647. The summed E-state index contributed by atoms with van der Waals surface area (Å²) < 4.78 is 16.2. The first-order valence-corrected chi connectivity index (χ1v) is 10.9. The molecule has 0 N–H and O–H groups in total. The van der Waals surface area contributed by atoms with Crippen LogP contribution in [-0.4, -0.2) is 32.5 Å². The summed E-state index contributed by atoms with van der Waals surface area (Å²) in [7, 11) is -1.76. The molecule has 0 spiro atoms. The second-order valence-corrected chi connectivity index (χ2v) is 11.8. The molecule has 130 valence electrons. The van der Waals surface area contributed by atoms with E-state index in [4.69, 9.17) is 13.9 Å². The molecule has 0 aliphatic heterocycles. The number of nitrogens with zero attached hydrogens (tertiary/aromatic N) is 1. The zero-order valence-corrected chi connectivity index (χ0v) is 16.1. The van der Waals surface area contributed by atoms with Gasteiger partial charge in [-0.25, -0.2) is 4.79 Å². The lowest BCUT2D eigenvalue weighted by atomic mass is 10.2. The lowest BCUT2D eigenvalue weighted by Gasteiger charge is -2.36. The van der Waals surface area contributed by atoms with Crippen LogP contribution in [0.25, 0.3) is 0 Å². The minimum atomic E-state index is -1.76. The van der Waals surface area contributed by atoms with Crippen LogP contribution in [-0.2, 0) is 31.9 Å². The first kappa shape index (κ1) is 19.8. The monoisotopic (exact) mass is 339 g/mol. The number of carbonyl (C=O) groups excluding carboxylic acids is 1. The molecule has 1 aromatic rings. The molecule has 0 atom stereocenters. The van der Waals surface area contributed by atoms with E-state index in [1.54, 1.807) is 13.1 Å². The Bertz CT molecular complexity index is 494. The summed E-state index contributed by atoms with van der Waals surface area (Å²) >= 11 is 0. The Labute approximate surface area is 140 Å². The molecule has 1 rings (SSSR count). The van der Waals surface area contributed by atoms with Crippen LogP contribution in [0.15, 0.2) is 18.3 Å². The van der Waals surface area contributed by atoms with Gasteiger partial charge >= 0.3 is 5.97 Å². The van der Waals surface area contributed by atoms with E-state index in [1.807, 2.05) is 12.1 Å². The van der Waals surface area contributed by atoms with Crippen molar-refractivity contribution in [3.05, 3.63) is 29.6 Å². The number of rotatable bonds is 8. The van der Waals surface area contributed by atoms with Crippen molar-refractivity contribution in [3.63, 3.8) is 0 Å². The molecule has 0 saturated heterocycles. The Morgan fingerprint density at radius 3 is 2.43 bits per heavy atom. The molecular formula is C17H29NO4Si. The van der Waals surface area contributed by atoms with Crippen LogP contribution in [0.3, 0.4) is 0 Å². The van der Waals surface area contributed by atoms with Gasteiger partial charge in [0.25, 0.3) is 0 Å². The molecule has 6 heteroatoms. The van der Waals surface area contributed by atoms with Crippen LogP contribution in [0.5, 0.6) is 0 Å². The Kier molecular flexibility index (Phi) is 7.37. The van der Waals surface area contributed by atoms with Gasteiger partial charge in [0.15, 0.2) is 8.32 Å². The molecule has 0 saturated carbocycles. The largest absolute Gasteiger partial charge is 0.464 e. The Morgan fingerprint density at radius 2 is 1.91 bits per heavy atom. The van der Waals surface area contributed by atoms with E-state index in [0.29, 0.717) is 19.8 Å². The highest BCUT2D eigenvalue weighted by Gasteiger charge is 2.37. The van der Waals surface area contributed by atoms with Gasteiger partial charge in [-0.1, -0.05) is 26.8 Å². The summed E-state index contributed by atoms with van der Waals surface area (Å²) in [6, 6.07) is 3.89. The predicted molar refractivity (Wildman–Crippen MR) is 92.5 cm³/mol. The number of esters is 1.